The molecule has 1 aromatic heterocycles. The van der Waals surface area contributed by atoms with Crippen molar-refractivity contribution in [2.75, 3.05) is 11.9 Å². The third kappa shape index (κ3) is 3.91. The predicted octanol–water partition coefficient (Wildman–Crippen LogP) is 2.53. The highest BCUT2D eigenvalue weighted by Crippen LogP contribution is 2.30. The summed E-state index contributed by atoms with van der Waals surface area (Å²) in [5.74, 6) is 0.629. The topological polar surface area (TPSA) is 54.0 Å². The highest BCUT2D eigenvalue weighted by atomic mass is 35.5. The number of aryl methyl sites for hydroxylation is 1. The Hall–Kier alpha value is -1.13. The first kappa shape index (κ1) is 15.9. The van der Waals surface area contributed by atoms with Crippen molar-refractivity contribution in [3.05, 3.63) is 23.9 Å². The molecule has 2 N–H and O–H groups in total. The minimum atomic E-state index is -0.144. The number of hydrogen-bond donors (Lipinski definition) is 2. The van der Waals surface area contributed by atoms with Crippen LogP contribution in [0.5, 0.6) is 0 Å². The quantitative estimate of drug-likeness (QED) is 0.877. The summed E-state index contributed by atoms with van der Waals surface area (Å²) in [6.45, 7) is 7.14. The third-order valence-electron chi connectivity index (χ3n) is 3.55. The Bertz CT molecular complexity index is 431. The van der Waals surface area contributed by atoms with E-state index < -0.39 is 0 Å². The molecule has 1 fully saturated rings. The Labute approximate surface area is 120 Å². The van der Waals surface area contributed by atoms with Gasteiger partial charge in [-0.05, 0) is 43.4 Å². The van der Waals surface area contributed by atoms with Crippen molar-refractivity contribution in [3.8, 4) is 0 Å². The second-order valence-corrected chi connectivity index (χ2v) is 5.69. The van der Waals surface area contributed by atoms with Crippen LogP contribution in [0.2, 0.25) is 0 Å². The van der Waals surface area contributed by atoms with Crippen LogP contribution in [-0.4, -0.2) is 23.5 Å². The lowest BCUT2D eigenvalue weighted by molar-refractivity contribution is -0.121. The molecule has 1 amide bonds. The second-order valence-electron chi connectivity index (χ2n) is 5.69. The summed E-state index contributed by atoms with van der Waals surface area (Å²) in [4.78, 5) is 16.5. The number of aromatic nitrogens is 1. The van der Waals surface area contributed by atoms with Gasteiger partial charge >= 0.3 is 0 Å². The zero-order chi connectivity index (χ0) is 13.2. The maximum Gasteiger partial charge on any atom is 0.243 e. The van der Waals surface area contributed by atoms with Gasteiger partial charge in [0.15, 0.2) is 0 Å². The number of nitrogens with one attached hydrogen (secondary N) is 2. The summed E-state index contributed by atoms with van der Waals surface area (Å²) in [6.07, 6.45) is 3.95. The molecule has 0 radical (unpaired) electrons. The monoisotopic (exact) mass is 283 g/mol. The Kier molecular flexibility index (Phi) is 5.32. The van der Waals surface area contributed by atoms with Crippen molar-refractivity contribution in [1.82, 2.24) is 10.3 Å². The van der Waals surface area contributed by atoms with Gasteiger partial charge in [0, 0.05) is 6.20 Å². The van der Waals surface area contributed by atoms with E-state index in [2.05, 4.69) is 29.5 Å². The van der Waals surface area contributed by atoms with Crippen LogP contribution < -0.4 is 10.6 Å². The Morgan fingerprint density at radius 2 is 2.21 bits per heavy atom. The SMILES string of the molecule is Cc1ccc(NC(=O)C2NCCCC2(C)C)nc1.Cl. The molecule has 4 nitrogen and oxygen atoms in total. The fourth-order valence-electron chi connectivity index (χ4n) is 2.40. The van der Waals surface area contributed by atoms with Crippen LogP contribution in [0.1, 0.15) is 32.3 Å². The fourth-order valence-corrected chi connectivity index (χ4v) is 2.40. The minimum Gasteiger partial charge on any atom is -0.309 e. The van der Waals surface area contributed by atoms with Crippen molar-refractivity contribution in [2.45, 2.75) is 39.7 Å². The lowest BCUT2D eigenvalue weighted by atomic mass is 9.77. The first-order valence-electron chi connectivity index (χ1n) is 6.46. The van der Waals surface area contributed by atoms with Crippen LogP contribution in [0.25, 0.3) is 0 Å². The molecule has 1 atom stereocenters. The largest absolute Gasteiger partial charge is 0.309 e. The summed E-state index contributed by atoms with van der Waals surface area (Å²) in [6, 6.07) is 3.64. The number of nitrogens with zero attached hydrogens (tertiary/aromatic N) is 1. The Morgan fingerprint density at radius 1 is 1.47 bits per heavy atom. The number of amides is 1. The van der Waals surface area contributed by atoms with Crippen molar-refractivity contribution in [2.24, 2.45) is 5.41 Å². The lowest BCUT2D eigenvalue weighted by Gasteiger charge is -2.38. The van der Waals surface area contributed by atoms with Crippen molar-refractivity contribution in [1.29, 1.82) is 0 Å². The zero-order valence-electron chi connectivity index (χ0n) is 11.7. The van der Waals surface area contributed by atoms with Crippen molar-refractivity contribution >= 4 is 24.1 Å². The van der Waals surface area contributed by atoms with E-state index in [9.17, 15) is 4.79 Å². The number of anilines is 1. The van der Waals surface area contributed by atoms with Gasteiger partial charge in [-0.25, -0.2) is 4.98 Å². The smallest absolute Gasteiger partial charge is 0.243 e. The van der Waals surface area contributed by atoms with Crippen LogP contribution in [-0.2, 0) is 4.79 Å². The summed E-state index contributed by atoms with van der Waals surface area (Å²) < 4.78 is 0. The van der Waals surface area contributed by atoms with Gasteiger partial charge in [-0.15, -0.1) is 12.4 Å². The molecule has 1 saturated heterocycles. The van der Waals surface area contributed by atoms with E-state index in [-0.39, 0.29) is 29.8 Å². The summed E-state index contributed by atoms with van der Waals surface area (Å²) in [7, 11) is 0. The van der Waals surface area contributed by atoms with E-state index >= 15 is 0 Å². The third-order valence-corrected chi connectivity index (χ3v) is 3.55. The van der Waals surface area contributed by atoms with Crippen LogP contribution in [0.15, 0.2) is 18.3 Å². The molecule has 106 valence electrons. The van der Waals surface area contributed by atoms with Gasteiger partial charge in [-0.1, -0.05) is 19.9 Å². The number of halogens is 1. The van der Waals surface area contributed by atoms with E-state index in [0.29, 0.717) is 5.82 Å². The number of rotatable bonds is 2. The summed E-state index contributed by atoms with van der Waals surface area (Å²) >= 11 is 0. The highest BCUT2D eigenvalue weighted by Gasteiger charge is 2.37. The van der Waals surface area contributed by atoms with E-state index in [1.807, 2.05) is 19.1 Å². The first-order valence-corrected chi connectivity index (χ1v) is 6.46. The van der Waals surface area contributed by atoms with Gasteiger partial charge in [-0.3, -0.25) is 4.79 Å². The van der Waals surface area contributed by atoms with E-state index in [1.54, 1.807) is 6.20 Å². The van der Waals surface area contributed by atoms with E-state index in [0.717, 1.165) is 24.9 Å². The van der Waals surface area contributed by atoms with Crippen molar-refractivity contribution in [3.63, 3.8) is 0 Å². The molecule has 1 aliphatic heterocycles. The molecule has 0 bridgehead atoms. The van der Waals surface area contributed by atoms with Crippen LogP contribution in [0.3, 0.4) is 0 Å². The molecule has 0 aliphatic carbocycles. The Balaban J connectivity index is 0.00000180. The number of carbonyl (C=O) groups excluding carboxylic acids is 1. The Morgan fingerprint density at radius 3 is 2.79 bits per heavy atom. The van der Waals surface area contributed by atoms with Crippen LogP contribution in [0.4, 0.5) is 5.82 Å². The molecule has 1 aromatic rings. The standard InChI is InChI=1S/C14H21N3O.ClH/c1-10-5-6-11(16-9-10)17-13(18)12-14(2,3)7-4-8-15-12;/h5-6,9,12,15H,4,7-8H2,1-3H3,(H,16,17,18);1H. The molecule has 0 spiro atoms. The van der Waals surface area contributed by atoms with Crippen LogP contribution in [0, 0.1) is 12.3 Å². The highest BCUT2D eigenvalue weighted by molar-refractivity contribution is 5.94. The number of carbonyl (C=O) groups is 1. The zero-order valence-corrected chi connectivity index (χ0v) is 12.5. The fraction of sp³-hybridized carbons (Fsp3) is 0.571. The summed E-state index contributed by atoms with van der Waals surface area (Å²) in [5.41, 5.74) is 1.08. The molecule has 0 aromatic carbocycles. The first-order chi connectivity index (χ1) is 8.49. The number of piperidine rings is 1. The molecule has 1 aliphatic rings. The molecule has 19 heavy (non-hydrogen) atoms. The molecule has 2 heterocycles. The lowest BCUT2D eigenvalue weighted by Crippen LogP contribution is -2.53. The average Bonchev–Trinajstić information content (AvgIpc) is 2.31. The van der Waals surface area contributed by atoms with Gasteiger partial charge in [-0.2, -0.15) is 0 Å². The van der Waals surface area contributed by atoms with Gasteiger partial charge in [0.1, 0.15) is 5.82 Å². The van der Waals surface area contributed by atoms with Gasteiger partial charge in [0.2, 0.25) is 5.91 Å². The van der Waals surface area contributed by atoms with Crippen LogP contribution >= 0.6 is 12.4 Å². The molecule has 2 rings (SSSR count). The van der Waals surface area contributed by atoms with Gasteiger partial charge in [0.05, 0.1) is 6.04 Å². The summed E-state index contributed by atoms with van der Waals surface area (Å²) in [5, 5.41) is 6.18. The maximum absolute atomic E-state index is 12.3. The molecular formula is C14H22ClN3O. The second kappa shape index (κ2) is 6.35. The molecule has 5 heteroatoms. The predicted molar refractivity (Wildman–Crippen MR) is 79.7 cm³/mol. The number of pyridine rings is 1. The van der Waals surface area contributed by atoms with Gasteiger partial charge < -0.3 is 10.6 Å². The molecule has 0 saturated carbocycles. The normalized spacial score (nSPS) is 21.3. The molecule has 1 unspecified atom stereocenters. The van der Waals surface area contributed by atoms with Crippen molar-refractivity contribution < 1.29 is 4.79 Å². The minimum absolute atomic E-state index is 0. The average molecular weight is 284 g/mol. The van der Waals surface area contributed by atoms with Gasteiger partial charge in [0.25, 0.3) is 0 Å². The van der Waals surface area contributed by atoms with E-state index in [4.69, 9.17) is 0 Å². The molecular weight excluding hydrogens is 262 g/mol. The van der Waals surface area contributed by atoms with E-state index in [1.165, 1.54) is 0 Å². The maximum atomic E-state index is 12.3. The number of hydrogen-bond acceptors (Lipinski definition) is 3.